The van der Waals surface area contributed by atoms with Crippen LogP contribution < -0.4 is 14.8 Å². The fourth-order valence-electron chi connectivity index (χ4n) is 4.52. The lowest BCUT2D eigenvalue weighted by molar-refractivity contribution is 0.0315. The van der Waals surface area contributed by atoms with Gasteiger partial charge in [-0.2, -0.15) is 0 Å². The van der Waals surface area contributed by atoms with Gasteiger partial charge in [0.2, 0.25) is 5.88 Å². The molecule has 0 saturated heterocycles. The first-order valence-corrected chi connectivity index (χ1v) is 12.6. The van der Waals surface area contributed by atoms with Crippen molar-refractivity contribution in [3.05, 3.63) is 65.9 Å². The number of fused-ring (bicyclic) bond motifs is 4. The number of anilines is 1. The van der Waals surface area contributed by atoms with E-state index >= 15 is 4.39 Å². The topological polar surface area (TPSA) is 108 Å². The van der Waals surface area contributed by atoms with E-state index in [1.807, 2.05) is 19.1 Å². The molecule has 1 unspecified atom stereocenters. The number of nitrogens with zero attached hydrogens (tertiary/aromatic N) is 4. The van der Waals surface area contributed by atoms with Crippen molar-refractivity contribution in [1.29, 1.82) is 0 Å². The summed E-state index contributed by atoms with van der Waals surface area (Å²) < 4.78 is 32.6. The average Bonchev–Trinajstić information content (AvgIpc) is 3.49. The fraction of sp³-hybridized carbons (Fsp3) is 0.222. The third-order valence-corrected chi connectivity index (χ3v) is 7.37. The van der Waals surface area contributed by atoms with Crippen LogP contribution in [-0.2, 0) is 11.2 Å². The number of amides is 1. The van der Waals surface area contributed by atoms with Crippen molar-refractivity contribution in [2.45, 2.75) is 25.9 Å². The van der Waals surface area contributed by atoms with Gasteiger partial charge < -0.3 is 14.2 Å². The molecule has 11 heteroatoms. The van der Waals surface area contributed by atoms with Crippen molar-refractivity contribution in [2.75, 3.05) is 19.0 Å². The molecular formula is C27H22FN5O4S. The van der Waals surface area contributed by atoms with E-state index in [9.17, 15) is 4.79 Å². The van der Waals surface area contributed by atoms with E-state index in [2.05, 4.69) is 20.3 Å². The number of hydrogen-bond donors (Lipinski definition) is 1. The van der Waals surface area contributed by atoms with Crippen molar-refractivity contribution in [1.82, 2.24) is 19.9 Å². The van der Waals surface area contributed by atoms with Gasteiger partial charge in [-0.25, -0.2) is 24.1 Å². The molecule has 2 aromatic carbocycles. The quantitative estimate of drug-likeness (QED) is 0.308. The Morgan fingerprint density at radius 2 is 2.11 bits per heavy atom. The summed E-state index contributed by atoms with van der Waals surface area (Å²) in [5.74, 6) is 0.0719. The van der Waals surface area contributed by atoms with Crippen molar-refractivity contribution in [3.63, 3.8) is 0 Å². The van der Waals surface area contributed by atoms with Gasteiger partial charge in [0.05, 0.1) is 46.4 Å². The molecule has 0 bridgehead atoms. The molecule has 6 rings (SSSR count). The molecule has 1 aliphatic heterocycles. The van der Waals surface area contributed by atoms with Crippen molar-refractivity contribution < 1.29 is 23.4 Å². The summed E-state index contributed by atoms with van der Waals surface area (Å²) in [5.41, 5.74) is 3.97. The lowest BCUT2D eigenvalue weighted by Gasteiger charge is -2.23. The highest BCUT2D eigenvalue weighted by Crippen LogP contribution is 2.45. The lowest BCUT2D eigenvalue weighted by atomic mass is 10.00. The summed E-state index contributed by atoms with van der Waals surface area (Å²) in [6.45, 7) is 3.69. The third kappa shape index (κ3) is 4.34. The first-order valence-electron chi connectivity index (χ1n) is 11.8. The number of benzene rings is 2. The molecule has 0 aliphatic carbocycles. The number of ether oxygens (including phenoxy) is 3. The molecule has 0 radical (unpaired) electrons. The lowest BCUT2D eigenvalue weighted by Crippen LogP contribution is -2.37. The maximum absolute atomic E-state index is 15.1. The van der Waals surface area contributed by atoms with E-state index in [1.165, 1.54) is 23.6 Å². The van der Waals surface area contributed by atoms with Gasteiger partial charge in [-0.15, -0.1) is 11.3 Å². The third-order valence-electron chi connectivity index (χ3n) is 6.21. The van der Waals surface area contributed by atoms with Crippen LogP contribution in [0.2, 0.25) is 0 Å². The number of aromatic nitrogens is 4. The first-order chi connectivity index (χ1) is 18.3. The number of carbonyl (C=O) groups excluding carboxylic acids is 1. The van der Waals surface area contributed by atoms with Gasteiger partial charge in [0.15, 0.2) is 11.6 Å². The minimum atomic E-state index is -0.939. The Morgan fingerprint density at radius 1 is 1.24 bits per heavy atom. The van der Waals surface area contributed by atoms with Crippen LogP contribution >= 0.6 is 11.3 Å². The molecule has 1 amide bonds. The summed E-state index contributed by atoms with van der Waals surface area (Å²) in [6.07, 6.45) is 4.39. The van der Waals surface area contributed by atoms with Crippen molar-refractivity contribution >= 4 is 44.4 Å². The monoisotopic (exact) mass is 531 g/mol. The molecule has 38 heavy (non-hydrogen) atoms. The summed E-state index contributed by atoms with van der Waals surface area (Å²) in [4.78, 5) is 30.0. The van der Waals surface area contributed by atoms with Crippen LogP contribution in [0.25, 0.3) is 31.8 Å². The second-order valence-corrected chi connectivity index (χ2v) is 10.3. The SMILES string of the molecule is COc1cnc2c(-c3nc4cc(F)c5c(c4s3)CC(C)(COC(=O)Nc3cccnc3)O5)cc(C)cc2n1. The predicted molar refractivity (Wildman–Crippen MR) is 141 cm³/mol. The maximum atomic E-state index is 15.1. The van der Waals surface area contributed by atoms with E-state index in [1.54, 1.807) is 38.6 Å². The first kappa shape index (κ1) is 24.0. The van der Waals surface area contributed by atoms with E-state index in [4.69, 9.17) is 19.2 Å². The van der Waals surface area contributed by atoms with E-state index in [0.717, 1.165) is 15.8 Å². The molecule has 1 atom stereocenters. The van der Waals surface area contributed by atoms with Crippen LogP contribution in [0.15, 0.2) is 48.9 Å². The number of nitrogens with one attached hydrogen (secondary N) is 1. The smallest absolute Gasteiger partial charge is 0.411 e. The molecule has 1 aliphatic rings. The Balaban J connectivity index is 1.30. The van der Waals surface area contributed by atoms with Crippen LogP contribution in [-0.4, -0.2) is 45.3 Å². The summed E-state index contributed by atoms with van der Waals surface area (Å²) in [6, 6.07) is 8.71. The second kappa shape index (κ2) is 9.18. The molecule has 0 fully saturated rings. The molecule has 1 N–H and O–H groups in total. The minimum Gasteiger partial charge on any atom is -0.480 e. The van der Waals surface area contributed by atoms with Gasteiger partial charge in [-0.3, -0.25) is 10.3 Å². The fourth-order valence-corrected chi connectivity index (χ4v) is 5.62. The summed E-state index contributed by atoms with van der Waals surface area (Å²) in [5, 5.41) is 3.31. The number of halogens is 1. The van der Waals surface area contributed by atoms with Crippen molar-refractivity contribution in [3.8, 4) is 22.2 Å². The van der Waals surface area contributed by atoms with Crippen LogP contribution in [0.4, 0.5) is 14.9 Å². The summed E-state index contributed by atoms with van der Waals surface area (Å²) in [7, 11) is 1.54. The van der Waals surface area contributed by atoms with E-state index in [-0.39, 0.29) is 12.4 Å². The number of thiazole rings is 1. The van der Waals surface area contributed by atoms with E-state index in [0.29, 0.717) is 45.1 Å². The predicted octanol–water partition coefficient (Wildman–Crippen LogP) is 5.70. The normalized spacial score (nSPS) is 16.3. The van der Waals surface area contributed by atoms with Gasteiger partial charge in [0.25, 0.3) is 0 Å². The van der Waals surface area contributed by atoms with Gasteiger partial charge in [-0.1, -0.05) is 0 Å². The standard InChI is InChI=1S/C27H22FN5O4S/c1-14-7-16(22-19(8-14)32-21(35-3)12-30-22)25-33-20-9-18(28)23-17(24(20)38-25)10-27(2,37-23)13-36-26(34)31-15-5-4-6-29-11-15/h4-9,11-12H,10,13H2,1-3H3,(H,31,34). The number of methoxy groups -OCH3 is 1. The Morgan fingerprint density at radius 3 is 2.89 bits per heavy atom. The molecule has 5 aromatic rings. The zero-order valence-corrected chi connectivity index (χ0v) is 21.6. The molecule has 3 aromatic heterocycles. The number of hydrogen-bond acceptors (Lipinski definition) is 9. The largest absolute Gasteiger partial charge is 0.480 e. The molecule has 0 saturated carbocycles. The Labute approximate surface area is 220 Å². The van der Waals surface area contributed by atoms with Crippen LogP contribution in [0.1, 0.15) is 18.1 Å². The molecular weight excluding hydrogens is 509 g/mol. The van der Waals surface area contributed by atoms with Gasteiger partial charge in [-0.05, 0) is 43.7 Å². The highest BCUT2D eigenvalue weighted by molar-refractivity contribution is 7.22. The highest BCUT2D eigenvalue weighted by atomic mass is 32.1. The second-order valence-electron chi connectivity index (χ2n) is 9.30. The number of carbonyl (C=O) groups is 1. The molecule has 4 heterocycles. The average molecular weight is 532 g/mol. The zero-order chi connectivity index (χ0) is 26.4. The highest BCUT2D eigenvalue weighted by Gasteiger charge is 2.40. The summed E-state index contributed by atoms with van der Waals surface area (Å²) >= 11 is 1.44. The number of rotatable bonds is 5. The van der Waals surface area contributed by atoms with Crippen LogP contribution in [0, 0.1) is 12.7 Å². The Hall–Kier alpha value is -4.38. The Kier molecular flexibility index (Phi) is 5.79. The van der Waals surface area contributed by atoms with Crippen LogP contribution in [0.5, 0.6) is 11.6 Å². The zero-order valence-electron chi connectivity index (χ0n) is 20.7. The van der Waals surface area contributed by atoms with Gasteiger partial charge >= 0.3 is 6.09 Å². The minimum absolute atomic E-state index is 0.0691. The molecule has 0 spiro atoms. The molecule has 9 nitrogen and oxygen atoms in total. The number of pyridine rings is 1. The molecule has 192 valence electrons. The number of aryl methyl sites for hydroxylation is 1. The van der Waals surface area contributed by atoms with Gasteiger partial charge in [0.1, 0.15) is 17.2 Å². The van der Waals surface area contributed by atoms with Gasteiger partial charge in [0, 0.05) is 29.8 Å². The van der Waals surface area contributed by atoms with Crippen molar-refractivity contribution in [2.24, 2.45) is 0 Å². The van der Waals surface area contributed by atoms with Crippen LogP contribution in [0.3, 0.4) is 0 Å². The Bertz CT molecular complexity index is 1710. The van der Waals surface area contributed by atoms with E-state index < -0.39 is 17.5 Å². The maximum Gasteiger partial charge on any atom is 0.411 e.